The molecule has 0 spiro atoms. The van der Waals surface area contributed by atoms with Crippen LogP contribution in [0.2, 0.25) is 0 Å². The Morgan fingerprint density at radius 2 is 1.88 bits per heavy atom. The van der Waals surface area contributed by atoms with Gasteiger partial charge in [0, 0.05) is 4.83 Å². The fraction of sp³-hybridized carbons (Fsp3) is 0.500. The highest BCUT2D eigenvalue weighted by Gasteiger charge is 2.12. The van der Waals surface area contributed by atoms with Crippen LogP contribution in [0, 0.1) is 6.92 Å². The smallest absolute Gasteiger partial charge is 0.189 e. The molecule has 0 saturated carbocycles. The van der Waals surface area contributed by atoms with E-state index in [2.05, 4.69) is 22.9 Å². The predicted octanol–water partition coefficient (Wildman–Crippen LogP) is 3.60. The van der Waals surface area contributed by atoms with Crippen molar-refractivity contribution in [3.8, 4) is 0 Å². The Balaban J connectivity index is 2.55. The van der Waals surface area contributed by atoms with Gasteiger partial charge in [-0.05, 0) is 32.4 Å². The van der Waals surface area contributed by atoms with Crippen LogP contribution in [0.15, 0.2) is 29.2 Å². The molecule has 0 N–H and O–H groups in total. The van der Waals surface area contributed by atoms with E-state index in [0.717, 1.165) is 16.9 Å². The highest BCUT2D eigenvalue weighted by atomic mass is 79.9. The van der Waals surface area contributed by atoms with Gasteiger partial charge < -0.3 is 0 Å². The SMILES string of the molecule is Cc1ccc(S(=O)OC(C)C[C@@H](C)Br)cc1. The van der Waals surface area contributed by atoms with E-state index in [9.17, 15) is 4.21 Å². The van der Waals surface area contributed by atoms with Gasteiger partial charge in [0.1, 0.15) is 0 Å². The molecule has 0 saturated heterocycles. The third-order valence-electron chi connectivity index (χ3n) is 2.12. The lowest BCUT2D eigenvalue weighted by Gasteiger charge is -2.13. The van der Waals surface area contributed by atoms with Gasteiger partial charge in [0.15, 0.2) is 11.1 Å². The van der Waals surface area contributed by atoms with Crippen molar-refractivity contribution in [2.75, 3.05) is 0 Å². The monoisotopic (exact) mass is 304 g/mol. The Morgan fingerprint density at radius 3 is 2.38 bits per heavy atom. The minimum Gasteiger partial charge on any atom is -0.284 e. The largest absolute Gasteiger partial charge is 0.284 e. The molecule has 2 unspecified atom stereocenters. The van der Waals surface area contributed by atoms with Crippen molar-refractivity contribution in [2.45, 2.75) is 43.0 Å². The first-order valence-electron chi connectivity index (χ1n) is 5.28. The molecule has 16 heavy (non-hydrogen) atoms. The second kappa shape index (κ2) is 6.52. The number of aryl methyl sites for hydroxylation is 1. The molecule has 2 nitrogen and oxygen atoms in total. The minimum absolute atomic E-state index is 0.0171. The van der Waals surface area contributed by atoms with E-state index in [1.165, 1.54) is 0 Å². The van der Waals surface area contributed by atoms with Crippen LogP contribution in [0.1, 0.15) is 25.8 Å². The zero-order chi connectivity index (χ0) is 12.1. The van der Waals surface area contributed by atoms with Gasteiger partial charge in [0.05, 0.1) is 11.0 Å². The molecule has 0 fully saturated rings. The minimum atomic E-state index is -1.36. The molecule has 0 aliphatic rings. The predicted molar refractivity (Wildman–Crippen MR) is 71.1 cm³/mol. The van der Waals surface area contributed by atoms with Crippen molar-refractivity contribution in [1.82, 2.24) is 0 Å². The van der Waals surface area contributed by atoms with Crippen molar-refractivity contribution >= 4 is 27.0 Å². The molecular formula is C12H17BrO2S. The summed E-state index contributed by atoms with van der Waals surface area (Å²) in [6.45, 7) is 5.99. The number of benzene rings is 1. The van der Waals surface area contributed by atoms with Crippen LogP contribution < -0.4 is 0 Å². The summed E-state index contributed by atoms with van der Waals surface area (Å²) in [6, 6.07) is 7.56. The van der Waals surface area contributed by atoms with Crippen molar-refractivity contribution in [2.24, 2.45) is 0 Å². The fourth-order valence-electron chi connectivity index (χ4n) is 1.35. The summed E-state index contributed by atoms with van der Waals surface area (Å²) >= 11 is 2.09. The van der Waals surface area contributed by atoms with E-state index in [-0.39, 0.29) is 6.10 Å². The Kier molecular flexibility index (Phi) is 5.66. The molecule has 3 atom stereocenters. The summed E-state index contributed by atoms with van der Waals surface area (Å²) in [5, 5.41) is 0. The number of rotatable bonds is 5. The van der Waals surface area contributed by atoms with Gasteiger partial charge >= 0.3 is 0 Å². The summed E-state index contributed by atoms with van der Waals surface area (Å²) in [6.07, 6.45) is 0.828. The number of hydrogen-bond acceptors (Lipinski definition) is 2. The Bertz CT molecular complexity index is 349. The Hall–Kier alpha value is -0.190. The average Bonchev–Trinajstić information content (AvgIpc) is 2.16. The second-order valence-corrected chi connectivity index (χ2v) is 6.67. The molecule has 4 heteroatoms. The van der Waals surface area contributed by atoms with Crippen LogP contribution in [0.5, 0.6) is 0 Å². The summed E-state index contributed by atoms with van der Waals surface area (Å²) < 4.78 is 17.3. The molecule has 0 aliphatic carbocycles. The topological polar surface area (TPSA) is 26.3 Å². The average molecular weight is 305 g/mol. The van der Waals surface area contributed by atoms with Crippen LogP contribution in [-0.2, 0) is 15.3 Å². The van der Waals surface area contributed by atoms with Crippen LogP contribution >= 0.6 is 15.9 Å². The Morgan fingerprint density at radius 1 is 1.31 bits per heavy atom. The molecule has 0 aromatic heterocycles. The van der Waals surface area contributed by atoms with E-state index in [1.54, 1.807) is 0 Å². The van der Waals surface area contributed by atoms with Gasteiger partial charge in [-0.3, -0.25) is 4.18 Å². The summed E-state index contributed by atoms with van der Waals surface area (Å²) in [7, 11) is 0. The quantitative estimate of drug-likeness (QED) is 0.777. The summed E-state index contributed by atoms with van der Waals surface area (Å²) in [5.74, 6) is 0. The maximum atomic E-state index is 11.8. The van der Waals surface area contributed by atoms with Crippen LogP contribution in [-0.4, -0.2) is 15.1 Å². The van der Waals surface area contributed by atoms with Crippen LogP contribution in [0.4, 0.5) is 0 Å². The molecule has 1 rings (SSSR count). The lowest BCUT2D eigenvalue weighted by molar-refractivity contribution is 0.237. The lowest BCUT2D eigenvalue weighted by Crippen LogP contribution is -2.14. The van der Waals surface area contributed by atoms with Gasteiger partial charge in [0.2, 0.25) is 0 Å². The second-order valence-electron chi connectivity index (χ2n) is 3.97. The number of hydrogen-bond donors (Lipinski definition) is 0. The van der Waals surface area contributed by atoms with Gasteiger partial charge in [-0.1, -0.05) is 40.5 Å². The first kappa shape index (κ1) is 13.9. The first-order chi connectivity index (χ1) is 7.49. The first-order valence-corrected chi connectivity index (χ1v) is 7.27. The number of halogens is 1. The van der Waals surface area contributed by atoms with Crippen LogP contribution in [0.25, 0.3) is 0 Å². The van der Waals surface area contributed by atoms with Gasteiger partial charge in [-0.15, -0.1) is 0 Å². The molecule has 0 amide bonds. The van der Waals surface area contributed by atoms with Gasteiger partial charge in [-0.2, -0.15) is 0 Å². The van der Waals surface area contributed by atoms with Crippen molar-refractivity contribution in [3.05, 3.63) is 29.8 Å². The third kappa shape index (κ3) is 4.76. The Labute approximate surface area is 108 Å². The molecule has 0 bridgehead atoms. The number of alkyl halides is 1. The normalized spacial score (nSPS) is 16.8. The van der Waals surface area contributed by atoms with E-state index in [1.807, 2.05) is 38.1 Å². The standard InChI is InChI=1S/C12H17BrO2S/c1-9-4-6-12(7-5-9)16(14)15-11(3)8-10(2)13/h4-7,10-11H,8H2,1-3H3/t10-,11?,16?/m1/s1. The molecule has 0 heterocycles. The molecule has 90 valence electrons. The molecule has 1 aromatic carbocycles. The maximum Gasteiger partial charge on any atom is 0.189 e. The van der Waals surface area contributed by atoms with Crippen molar-refractivity contribution in [1.29, 1.82) is 0 Å². The van der Waals surface area contributed by atoms with Gasteiger partial charge in [0.25, 0.3) is 0 Å². The summed E-state index contributed by atoms with van der Waals surface area (Å²) in [5.41, 5.74) is 1.16. The van der Waals surface area contributed by atoms with Crippen LogP contribution in [0.3, 0.4) is 0 Å². The molecule has 0 aliphatic heterocycles. The molecule has 0 radical (unpaired) electrons. The van der Waals surface area contributed by atoms with Crippen molar-refractivity contribution in [3.63, 3.8) is 0 Å². The third-order valence-corrected chi connectivity index (χ3v) is 3.66. The van der Waals surface area contributed by atoms with Gasteiger partial charge in [-0.25, -0.2) is 4.21 Å². The maximum absolute atomic E-state index is 11.8. The van der Waals surface area contributed by atoms with E-state index >= 15 is 0 Å². The molecular weight excluding hydrogens is 288 g/mol. The fourth-order valence-corrected chi connectivity index (χ4v) is 2.72. The van der Waals surface area contributed by atoms with E-state index < -0.39 is 11.1 Å². The van der Waals surface area contributed by atoms with E-state index in [0.29, 0.717) is 4.83 Å². The highest BCUT2D eigenvalue weighted by molar-refractivity contribution is 9.09. The zero-order valence-corrected chi connectivity index (χ0v) is 12.2. The van der Waals surface area contributed by atoms with E-state index in [4.69, 9.17) is 4.18 Å². The lowest BCUT2D eigenvalue weighted by atomic mass is 10.2. The van der Waals surface area contributed by atoms with Crippen molar-refractivity contribution < 1.29 is 8.39 Å². The summed E-state index contributed by atoms with van der Waals surface area (Å²) in [4.78, 5) is 1.09. The zero-order valence-electron chi connectivity index (χ0n) is 9.77. The highest BCUT2D eigenvalue weighted by Crippen LogP contribution is 2.15. The molecule has 1 aromatic rings.